The predicted molar refractivity (Wildman–Crippen MR) is 89.8 cm³/mol. The number of carbonyl (C=O) groups is 1. The van der Waals surface area contributed by atoms with Crippen LogP contribution in [0.25, 0.3) is 0 Å². The molecule has 0 unspecified atom stereocenters. The summed E-state index contributed by atoms with van der Waals surface area (Å²) < 4.78 is 34.4. The molecule has 8 heteroatoms. The van der Waals surface area contributed by atoms with E-state index in [4.69, 9.17) is 4.74 Å². The second kappa shape index (κ2) is 6.20. The molecule has 24 heavy (non-hydrogen) atoms. The van der Waals surface area contributed by atoms with Gasteiger partial charge in [-0.15, -0.1) is 0 Å². The van der Waals surface area contributed by atoms with E-state index in [0.717, 1.165) is 0 Å². The van der Waals surface area contributed by atoms with Gasteiger partial charge in [0.15, 0.2) is 0 Å². The van der Waals surface area contributed by atoms with E-state index in [-0.39, 0.29) is 10.8 Å². The van der Waals surface area contributed by atoms with Gasteiger partial charge in [-0.05, 0) is 37.3 Å². The number of methoxy groups -OCH3 is 1. The number of sulfonamides is 1. The maximum atomic E-state index is 12.6. The lowest BCUT2D eigenvalue weighted by molar-refractivity contribution is 0.0715. The lowest BCUT2D eigenvalue weighted by atomic mass is 10.3. The van der Waals surface area contributed by atoms with Crippen molar-refractivity contribution in [2.24, 2.45) is 0 Å². The van der Waals surface area contributed by atoms with Crippen molar-refractivity contribution in [1.82, 2.24) is 9.47 Å². The number of fused-ring (bicyclic) bond motifs is 1. The van der Waals surface area contributed by atoms with E-state index in [1.165, 1.54) is 12.3 Å². The van der Waals surface area contributed by atoms with Gasteiger partial charge in [0.2, 0.25) is 0 Å². The number of benzene rings is 1. The SMILES string of the molecule is CCN1CCn2cc(S(=O)(=O)Nc3ccc(OC)cc3)cc2C1=O. The van der Waals surface area contributed by atoms with Crippen molar-refractivity contribution in [3.05, 3.63) is 42.2 Å². The first-order chi connectivity index (χ1) is 11.4. The molecule has 1 amide bonds. The largest absolute Gasteiger partial charge is 0.497 e. The minimum atomic E-state index is -3.76. The smallest absolute Gasteiger partial charge is 0.270 e. The second-order valence-electron chi connectivity index (χ2n) is 5.47. The van der Waals surface area contributed by atoms with Crippen LogP contribution in [0.3, 0.4) is 0 Å². The quantitative estimate of drug-likeness (QED) is 0.892. The molecule has 1 aliphatic heterocycles. The lowest BCUT2D eigenvalue weighted by Gasteiger charge is -2.26. The van der Waals surface area contributed by atoms with E-state index in [0.29, 0.717) is 36.8 Å². The number of rotatable bonds is 5. The zero-order valence-corrected chi connectivity index (χ0v) is 14.3. The van der Waals surface area contributed by atoms with Crippen LogP contribution in [0, 0.1) is 0 Å². The molecule has 1 aromatic carbocycles. The Morgan fingerprint density at radius 1 is 1.21 bits per heavy atom. The Labute approximate surface area is 140 Å². The van der Waals surface area contributed by atoms with E-state index >= 15 is 0 Å². The maximum absolute atomic E-state index is 12.6. The van der Waals surface area contributed by atoms with Gasteiger partial charge < -0.3 is 14.2 Å². The summed E-state index contributed by atoms with van der Waals surface area (Å²) in [6.45, 7) is 3.69. The highest BCUT2D eigenvalue weighted by atomic mass is 32.2. The van der Waals surface area contributed by atoms with E-state index in [1.54, 1.807) is 40.8 Å². The molecule has 1 N–H and O–H groups in total. The summed E-state index contributed by atoms with van der Waals surface area (Å²) in [5, 5.41) is 0. The fourth-order valence-electron chi connectivity index (χ4n) is 2.66. The molecule has 1 aliphatic rings. The van der Waals surface area contributed by atoms with Gasteiger partial charge in [-0.25, -0.2) is 8.42 Å². The normalized spacial score (nSPS) is 14.4. The number of carbonyl (C=O) groups excluding carboxylic acids is 1. The van der Waals surface area contributed by atoms with Crippen LogP contribution in [0.1, 0.15) is 17.4 Å². The second-order valence-corrected chi connectivity index (χ2v) is 7.16. The van der Waals surface area contributed by atoms with Crippen LogP contribution < -0.4 is 9.46 Å². The minimum absolute atomic E-state index is 0.0830. The van der Waals surface area contributed by atoms with Gasteiger partial charge in [-0.3, -0.25) is 9.52 Å². The predicted octanol–water partition coefficient (Wildman–Crippen LogP) is 1.77. The molecule has 2 heterocycles. The maximum Gasteiger partial charge on any atom is 0.270 e. The van der Waals surface area contributed by atoms with Crippen LogP contribution in [-0.4, -0.2) is 44.0 Å². The summed E-state index contributed by atoms with van der Waals surface area (Å²) in [6, 6.07) is 8.01. The molecule has 0 radical (unpaired) electrons. The molecule has 0 spiro atoms. The third-order valence-corrected chi connectivity index (χ3v) is 5.37. The van der Waals surface area contributed by atoms with Crippen molar-refractivity contribution in [3.8, 4) is 5.75 Å². The van der Waals surface area contributed by atoms with Crippen molar-refractivity contribution < 1.29 is 17.9 Å². The topological polar surface area (TPSA) is 80.6 Å². The molecule has 0 fully saturated rings. The Morgan fingerprint density at radius 3 is 2.54 bits per heavy atom. The average Bonchev–Trinajstić information content (AvgIpc) is 3.02. The van der Waals surface area contributed by atoms with Gasteiger partial charge in [0, 0.05) is 31.5 Å². The van der Waals surface area contributed by atoms with Crippen molar-refractivity contribution in [2.75, 3.05) is 24.9 Å². The minimum Gasteiger partial charge on any atom is -0.497 e. The number of aromatic nitrogens is 1. The summed E-state index contributed by atoms with van der Waals surface area (Å²) >= 11 is 0. The molecule has 0 atom stereocenters. The highest BCUT2D eigenvalue weighted by molar-refractivity contribution is 7.92. The molecular formula is C16H19N3O4S. The lowest BCUT2D eigenvalue weighted by Crippen LogP contribution is -2.39. The van der Waals surface area contributed by atoms with Gasteiger partial charge in [-0.2, -0.15) is 0 Å². The first-order valence-electron chi connectivity index (χ1n) is 7.61. The van der Waals surface area contributed by atoms with Crippen LogP contribution in [0.4, 0.5) is 5.69 Å². The number of ether oxygens (including phenoxy) is 1. The summed E-state index contributed by atoms with van der Waals surface area (Å²) in [5.74, 6) is 0.497. The molecule has 0 aliphatic carbocycles. The van der Waals surface area contributed by atoms with Gasteiger partial charge >= 0.3 is 0 Å². The van der Waals surface area contributed by atoms with Gasteiger partial charge in [-0.1, -0.05) is 0 Å². The number of likely N-dealkylation sites (N-methyl/N-ethyl adjacent to an activating group) is 1. The fourth-order valence-corrected chi connectivity index (χ4v) is 3.76. The number of hydrogen-bond donors (Lipinski definition) is 1. The summed E-state index contributed by atoms with van der Waals surface area (Å²) in [7, 11) is -2.21. The summed E-state index contributed by atoms with van der Waals surface area (Å²) in [5.41, 5.74) is 0.833. The summed E-state index contributed by atoms with van der Waals surface area (Å²) in [6.07, 6.45) is 1.51. The molecule has 0 bridgehead atoms. The molecule has 0 saturated heterocycles. The molecule has 128 valence electrons. The Kier molecular flexibility index (Phi) is 4.23. The molecule has 0 saturated carbocycles. The Balaban J connectivity index is 1.86. The highest BCUT2D eigenvalue weighted by Gasteiger charge is 2.27. The number of anilines is 1. The fraction of sp³-hybridized carbons (Fsp3) is 0.312. The zero-order chi connectivity index (χ0) is 17.3. The van der Waals surface area contributed by atoms with Crippen LogP contribution in [-0.2, 0) is 16.6 Å². The van der Waals surface area contributed by atoms with Gasteiger partial charge in [0.05, 0.1) is 7.11 Å². The molecule has 7 nitrogen and oxygen atoms in total. The van der Waals surface area contributed by atoms with Crippen molar-refractivity contribution >= 4 is 21.6 Å². The van der Waals surface area contributed by atoms with Crippen molar-refractivity contribution in [2.45, 2.75) is 18.4 Å². The third kappa shape index (κ3) is 2.96. The van der Waals surface area contributed by atoms with E-state index in [2.05, 4.69) is 4.72 Å². The molecule has 1 aromatic heterocycles. The number of nitrogens with one attached hydrogen (secondary N) is 1. The Hall–Kier alpha value is -2.48. The van der Waals surface area contributed by atoms with Crippen molar-refractivity contribution in [3.63, 3.8) is 0 Å². The first-order valence-corrected chi connectivity index (χ1v) is 9.09. The highest BCUT2D eigenvalue weighted by Crippen LogP contribution is 2.23. The number of amides is 1. The van der Waals surface area contributed by atoms with Crippen LogP contribution >= 0.6 is 0 Å². The number of nitrogens with zero attached hydrogens (tertiary/aromatic N) is 2. The standard InChI is InChI=1S/C16H19N3O4S/c1-3-18-8-9-19-11-14(10-15(19)16(18)20)24(21,22)17-12-4-6-13(23-2)7-5-12/h4-7,10-11,17H,3,8-9H2,1-2H3. The monoisotopic (exact) mass is 349 g/mol. The van der Waals surface area contributed by atoms with E-state index in [1.807, 2.05) is 6.92 Å². The Bertz CT molecular complexity index is 856. The zero-order valence-electron chi connectivity index (χ0n) is 13.5. The van der Waals surface area contributed by atoms with Crippen LogP contribution in [0.2, 0.25) is 0 Å². The first kappa shape index (κ1) is 16.4. The van der Waals surface area contributed by atoms with Crippen LogP contribution in [0.15, 0.2) is 41.4 Å². The van der Waals surface area contributed by atoms with Crippen LogP contribution in [0.5, 0.6) is 5.75 Å². The molecule has 2 aromatic rings. The summed E-state index contributed by atoms with van der Waals surface area (Å²) in [4.78, 5) is 14.1. The molecular weight excluding hydrogens is 330 g/mol. The Morgan fingerprint density at radius 2 is 1.92 bits per heavy atom. The van der Waals surface area contributed by atoms with Gasteiger partial charge in [0.25, 0.3) is 15.9 Å². The average molecular weight is 349 g/mol. The number of hydrogen-bond acceptors (Lipinski definition) is 4. The third-order valence-electron chi connectivity index (χ3n) is 4.02. The van der Waals surface area contributed by atoms with E-state index < -0.39 is 10.0 Å². The van der Waals surface area contributed by atoms with Gasteiger partial charge in [0.1, 0.15) is 16.3 Å². The van der Waals surface area contributed by atoms with E-state index in [9.17, 15) is 13.2 Å². The molecule has 3 rings (SSSR count). The van der Waals surface area contributed by atoms with Crippen molar-refractivity contribution in [1.29, 1.82) is 0 Å².